The minimum absolute atomic E-state index is 0.0831. The number of aryl methyl sites for hydroxylation is 1. The summed E-state index contributed by atoms with van der Waals surface area (Å²) in [6.07, 6.45) is 2.89. The fourth-order valence-corrected chi connectivity index (χ4v) is 3.10. The maximum atomic E-state index is 12.5. The maximum Gasteiger partial charge on any atom is 0.276 e. The van der Waals surface area contributed by atoms with Gasteiger partial charge in [-0.1, -0.05) is 35.5 Å². The van der Waals surface area contributed by atoms with E-state index in [0.29, 0.717) is 36.3 Å². The molecule has 1 aromatic carbocycles. The van der Waals surface area contributed by atoms with Crippen LogP contribution in [0.4, 0.5) is 0 Å². The van der Waals surface area contributed by atoms with Gasteiger partial charge in [0.15, 0.2) is 12.1 Å². The number of amides is 1. The maximum absolute atomic E-state index is 12.5. The average Bonchev–Trinajstić information content (AvgIpc) is 3.31. The minimum atomic E-state index is -0.0831. The van der Waals surface area contributed by atoms with Crippen molar-refractivity contribution in [2.75, 3.05) is 13.1 Å². The fraction of sp³-hybridized carbons (Fsp3) is 0.333. The lowest BCUT2D eigenvalue weighted by Crippen LogP contribution is -2.38. The molecule has 1 aliphatic heterocycles. The summed E-state index contributed by atoms with van der Waals surface area (Å²) in [4.78, 5) is 22.8. The molecule has 25 heavy (non-hydrogen) atoms. The van der Waals surface area contributed by atoms with Crippen molar-refractivity contribution in [2.24, 2.45) is 0 Å². The third kappa shape index (κ3) is 3.05. The third-order valence-corrected chi connectivity index (χ3v) is 4.55. The summed E-state index contributed by atoms with van der Waals surface area (Å²) in [6.45, 7) is 3.02. The van der Waals surface area contributed by atoms with Crippen molar-refractivity contribution >= 4 is 5.91 Å². The quantitative estimate of drug-likeness (QED) is 0.729. The Morgan fingerprint density at radius 1 is 1.20 bits per heavy atom. The number of aromatic nitrogens is 3. The van der Waals surface area contributed by atoms with E-state index < -0.39 is 0 Å². The highest BCUT2D eigenvalue weighted by Crippen LogP contribution is 2.29. The number of piperidine rings is 1. The Morgan fingerprint density at radius 2 is 1.96 bits per heavy atom. The predicted octanol–water partition coefficient (Wildman–Crippen LogP) is 3.05. The molecule has 2 aromatic heterocycles. The Hall–Kier alpha value is -2.96. The number of hydrogen-bond acceptors (Lipinski definition) is 6. The van der Waals surface area contributed by atoms with Gasteiger partial charge < -0.3 is 13.8 Å². The van der Waals surface area contributed by atoms with Gasteiger partial charge in [-0.05, 0) is 19.8 Å². The molecule has 0 saturated carbocycles. The molecule has 1 amide bonds. The number of rotatable bonds is 3. The van der Waals surface area contributed by atoms with E-state index in [1.54, 1.807) is 11.8 Å². The summed E-state index contributed by atoms with van der Waals surface area (Å²) in [6, 6.07) is 9.75. The van der Waals surface area contributed by atoms with E-state index in [1.807, 2.05) is 30.3 Å². The van der Waals surface area contributed by atoms with E-state index in [0.717, 1.165) is 18.4 Å². The second-order valence-electron chi connectivity index (χ2n) is 6.15. The first-order valence-corrected chi connectivity index (χ1v) is 8.31. The smallest absolute Gasteiger partial charge is 0.276 e. The Balaban J connectivity index is 1.42. The molecule has 7 nitrogen and oxygen atoms in total. The summed E-state index contributed by atoms with van der Waals surface area (Å²) in [5.41, 5.74) is 1.33. The van der Waals surface area contributed by atoms with Crippen LogP contribution in [0.25, 0.3) is 11.4 Å². The second kappa shape index (κ2) is 6.51. The molecule has 4 rings (SSSR count). The van der Waals surface area contributed by atoms with Crippen LogP contribution in [0.15, 0.2) is 45.7 Å². The Labute approximate surface area is 144 Å². The first-order valence-electron chi connectivity index (χ1n) is 8.31. The molecule has 0 aliphatic carbocycles. The number of carbonyl (C=O) groups is 1. The molecule has 1 fully saturated rings. The fourth-order valence-electron chi connectivity index (χ4n) is 3.10. The Morgan fingerprint density at radius 3 is 2.64 bits per heavy atom. The van der Waals surface area contributed by atoms with Crippen LogP contribution in [-0.2, 0) is 0 Å². The van der Waals surface area contributed by atoms with E-state index in [4.69, 9.17) is 8.94 Å². The lowest BCUT2D eigenvalue weighted by atomic mass is 9.96. The molecule has 0 spiro atoms. The Bertz CT molecular complexity index is 863. The van der Waals surface area contributed by atoms with Gasteiger partial charge in [-0.3, -0.25) is 4.79 Å². The van der Waals surface area contributed by atoms with E-state index in [-0.39, 0.29) is 11.8 Å². The van der Waals surface area contributed by atoms with Crippen LogP contribution >= 0.6 is 0 Å². The van der Waals surface area contributed by atoms with Gasteiger partial charge in [0.2, 0.25) is 11.7 Å². The van der Waals surface area contributed by atoms with Gasteiger partial charge in [0, 0.05) is 24.6 Å². The number of carbonyl (C=O) groups excluding carboxylic acids is 1. The lowest BCUT2D eigenvalue weighted by molar-refractivity contribution is 0.0697. The number of oxazole rings is 1. The van der Waals surface area contributed by atoms with Gasteiger partial charge in [0.1, 0.15) is 5.76 Å². The molecule has 0 N–H and O–H groups in total. The van der Waals surface area contributed by atoms with Crippen LogP contribution in [0.1, 0.15) is 40.9 Å². The highest BCUT2D eigenvalue weighted by atomic mass is 16.5. The summed E-state index contributed by atoms with van der Waals surface area (Å²) < 4.78 is 10.6. The van der Waals surface area contributed by atoms with Crippen molar-refractivity contribution in [2.45, 2.75) is 25.7 Å². The molecule has 128 valence electrons. The molecular formula is C18H18N4O3. The Kier molecular flexibility index (Phi) is 4.05. The first-order chi connectivity index (χ1) is 12.2. The monoisotopic (exact) mass is 338 g/mol. The summed E-state index contributed by atoms with van der Waals surface area (Å²) in [5, 5.41) is 4.08. The van der Waals surface area contributed by atoms with Crippen molar-refractivity contribution < 1.29 is 13.7 Å². The summed E-state index contributed by atoms with van der Waals surface area (Å²) in [5.74, 6) is 1.89. The van der Waals surface area contributed by atoms with Crippen LogP contribution in [0.3, 0.4) is 0 Å². The minimum Gasteiger partial charge on any atom is -0.448 e. The lowest BCUT2D eigenvalue weighted by Gasteiger charge is -2.29. The molecular weight excluding hydrogens is 320 g/mol. The van der Waals surface area contributed by atoms with Crippen molar-refractivity contribution in [3.05, 3.63) is 54.1 Å². The molecule has 0 radical (unpaired) electrons. The standard InChI is InChI=1S/C18H18N4O3/c1-12-15(19-11-24-12)18(23)22-9-7-14(8-10-22)17-20-16(21-25-17)13-5-3-2-4-6-13/h2-6,11,14H,7-10H2,1H3. The second-order valence-corrected chi connectivity index (χ2v) is 6.15. The first kappa shape index (κ1) is 15.6. The number of nitrogens with zero attached hydrogens (tertiary/aromatic N) is 4. The average molecular weight is 338 g/mol. The van der Waals surface area contributed by atoms with E-state index in [9.17, 15) is 4.79 Å². The third-order valence-electron chi connectivity index (χ3n) is 4.55. The SMILES string of the molecule is Cc1ocnc1C(=O)N1CCC(c2nc(-c3ccccc3)no2)CC1. The number of hydrogen-bond donors (Lipinski definition) is 0. The molecule has 0 bridgehead atoms. The van der Waals surface area contributed by atoms with Crippen LogP contribution in [-0.4, -0.2) is 39.0 Å². The molecule has 3 heterocycles. The highest BCUT2D eigenvalue weighted by molar-refractivity contribution is 5.93. The van der Waals surface area contributed by atoms with E-state index in [1.165, 1.54) is 6.39 Å². The molecule has 1 saturated heterocycles. The van der Waals surface area contributed by atoms with Crippen molar-refractivity contribution in [3.8, 4) is 11.4 Å². The van der Waals surface area contributed by atoms with Crippen LogP contribution < -0.4 is 0 Å². The van der Waals surface area contributed by atoms with Gasteiger partial charge in [0.05, 0.1) is 0 Å². The summed E-state index contributed by atoms with van der Waals surface area (Å²) >= 11 is 0. The van der Waals surface area contributed by atoms with Crippen LogP contribution in [0.2, 0.25) is 0 Å². The predicted molar refractivity (Wildman–Crippen MR) is 88.9 cm³/mol. The van der Waals surface area contributed by atoms with Gasteiger partial charge in [-0.15, -0.1) is 0 Å². The van der Waals surface area contributed by atoms with E-state index in [2.05, 4.69) is 15.1 Å². The summed E-state index contributed by atoms with van der Waals surface area (Å²) in [7, 11) is 0. The highest BCUT2D eigenvalue weighted by Gasteiger charge is 2.29. The zero-order valence-corrected chi connectivity index (χ0v) is 13.9. The molecule has 0 atom stereocenters. The van der Waals surface area contributed by atoms with Crippen molar-refractivity contribution in [3.63, 3.8) is 0 Å². The van der Waals surface area contributed by atoms with Gasteiger partial charge >= 0.3 is 0 Å². The zero-order valence-electron chi connectivity index (χ0n) is 13.9. The van der Waals surface area contributed by atoms with Crippen LogP contribution in [0, 0.1) is 6.92 Å². The number of likely N-dealkylation sites (tertiary alicyclic amines) is 1. The number of benzene rings is 1. The molecule has 3 aromatic rings. The topological polar surface area (TPSA) is 85.3 Å². The van der Waals surface area contributed by atoms with Gasteiger partial charge in [-0.25, -0.2) is 4.98 Å². The van der Waals surface area contributed by atoms with Crippen LogP contribution in [0.5, 0.6) is 0 Å². The molecule has 7 heteroatoms. The van der Waals surface area contributed by atoms with E-state index >= 15 is 0 Å². The zero-order chi connectivity index (χ0) is 17.2. The largest absolute Gasteiger partial charge is 0.448 e. The van der Waals surface area contributed by atoms with Crippen molar-refractivity contribution in [1.29, 1.82) is 0 Å². The van der Waals surface area contributed by atoms with Crippen molar-refractivity contribution in [1.82, 2.24) is 20.0 Å². The van der Waals surface area contributed by atoms with Gasteiger partial charge in [-0.2, -0.15) is 4.98 Å². The van der Waals surface area contributed by atoms with Gasteiger partial charge in [0.25, 0.3) is 5.91 Å². The normalized spacial score (nSPS) is 15.5. The molecule has 0 unspecified atom stereocenters. The molecule has 1 aliphatic rings.